The summed E-state index contributed by atoms with van der Waals surface area (Å²) in [4.78, 5) is 2.66. The van der Waals surface area contributed by atoms with Gasteiger partial charge >= 0.3 is 0 Å². The van der Waals surface area contributed by atoms with Crippen LogP contribution in [0.3, 0.4) is 0 Å². The van der Waals surface area contributed by atoms with E-state index in [1.54, 1.807) is 7.11 Å². The van der Waals surface area contributed by atoms with Gasteiger partial charge in [-0.3, -0.25) is 4.90 Å². The molecule has 0 unspecified atom stereocenters. The Balaban J connectivity index is 0.00000192. The van der Waals surface area contributed by atoms with Crippen molar-refractivity contribution in [2.45, 2.75) is 37.6 Å². The second-order valence-corrected chi connectivity index (χ2v) is 6.45. The van der Waals surface area contributed by atoms with Crippen molar-refractivity contribution in [2.75, 3.05) is 39.9 Å². The Bertz CT molecular complexity index is 470. The van der Waals surface area contributed by atoms with Gasteiger partial charge in [-0.05, 0) is 25.0 Å². The summed E-state index contributed by atoms with van der Waals surface area (Å²) in [6.07, 6.45) is 6.79. The molecule has 1 aliphatic heterocycles. The summed E-state index contributed by atoms with van der Waals surface area (Å²) in [5.41, 5.74) is 0.376. The summed E-state index contributed by atoms with van der Waals surface area (Å²) in [6, 6.07) is 7.89. The number of nitrogens with one attached hydrogen (secondary N) is 1. The van der Waals surface area contributed by atoms with Gasteiger partial charge < -0.3 is 14.8 Å². The van der Waals surface area contributed by atoms with E-state index in [4.69, 9.17) is 9.47 Å². The highest BCUT2D eigenvalue weighted by Crippen LogP contribution is 2.34. The van der Waals surface area contributed by atoms with Crippen LogP contribution in [0.2, 0.25) is 0 Å². The molecule has 1 spiro atoms. The van der Waals surface area contributed by atoms with Crippen molar-refractivity contribution in [2.24, 2.45) is 0 Å². The van der Waals surface area contributed by atoms with Gasteiger partial charge in [0.15, 0.2) is 11.5 Å². The molecule has 1 heterocycles. The van der Waals surface area contributed by atoms with Crippen LogP contribution in [0, 0.1) is 0 Å². The van der Waals surface area contributed by atoms with Crippen LogP contribution < -0.4 is 14.8 Å². The smallest absolute Gasteiger partial charge is 0.161 e. The highest BCUT2D eigenvalue weighted by atomic mass is 35.5. The molecule has 0 bridgehead atoms. The van der Waals surface area contributed by atoms with E-state index in [2.05, 4.69) is 10.2 Å². The Morgan fingerprint density at radius 3 is 2.61 bits per heavy atom. The summed E-state index contributed by atoms with van der Waals surface area (Å²) in [5.74, 6) is 1.66. The maximum atomic E-state index is 5.98. The second-order valence-electron chi connectivity index (χ2n) is 6.45. The molecule has 1 N–H and O–H groups in total. The number of piperazine rings is 1. The molecule has 1 aliphatic carbocycles. The van der Waals surface area contributed by atoms with Gasteiger partial charge in [-0.25, -0.2) is 0 Å². The topological polar surface area (TPSA) is 33.7 Å². The standard InChI is InChI=1S/C18H28N2O2.ClH/c1-21-16-7-3-4-8-17(16)22-14-13-20-12-11-19-15-18(20)9-5-2-6-10-18;/h3-4,7-8,19H,2,5-6,9-15H2,1H3;1H. The highest BCUT2D eigenvalue weighted by molar-refractivity contribution is 5.85. The molecule has 130 valence electrons. The Kier molecular flexibility index (Phi) is 7.00. The normalized spacial score (nSPS) is 20.7. The zero-order valence-corrected chi connectivity index (χ0v) is 14.9. The third-order valence-electron chi connectivity index (χ3n) is 5.16. The van der Waals surface area contributed by atoms with Gasteiger partial charge in [-0.15, -0.1) is 12.4 Å². The van der Waals surface area contributed by atoms with Gasteiger partial charge in [0.25, 0.3) is 0 Å². The molecule has 23 heavy (non-hydrogen) atoms. The molecule has 2 aliphatic rings. The first-order valence-corrected chi connectivity index (χ1v) is 8.56. The van der Waals surface area contributed by atoms with Gasteiger partial charge in [-0.2, -0.15) is 0 Å². The molecular weight excluding hydrogens is 312 g/mol. The van der Waals surface area contributed by atoms with E-state index in [0.717, 1.165) is 44.3 Å². The predicted molar refractivity (Wildman–Crippen MR) is 96.0 cm³/mol. The summed E-state index contributed by atoms with van der Waals surface area (Å²) in [5, 5.41) is 3.60. The van der Waals surface area contributed by atoms with Crippen LogP contribution in [0.5, 0.6) is 11.5 Å². The summed E-state index contributed by atoms with van der Waals surface area (Å²) in [6.45, 7) is 5.09. The van der Waals surface area contributed by atoms with Crippen molar-refractivity contribution in [3.05, 3.63) is 24.3 Å². The first-order chi connectivity index (χ1) is 10.8. The van der Waals surface area contributed by atoms with E-state index in [1.165, 1.54) is 32.1 Å². The number of benzene rings is 1. The molecule has 1 saturated heterocycles. The third-order valence-corrected chi connectivity index (χ3v) is 5.16. The average molecular weight is 341 g/mol. The van der Waals surface area contributed by atoms with Crippen molar-refractivity contribution < 1.29 is 9.47 Å². The van der Waals surface area contributed by atoms with Gasteiger partial charge in [-0.1, -0.05) is 31.4 Å². The molecule has 4 nitrogen and oxygen atoms in total. The Hall–Kier alpha value is -0.970. The maximum absolute atomic E-state index is 5.98. The molecular formula is C18H29ClN2O2. The third kappa shape index (κ3) is 4.31. The zero-order chi connectivity index (χ0) is 15.3. The average Bonchev–Trinajstić information content (AvgIpc) is 2.58. The van der Waals surface area contributed by atoms with E-state index >= 15 is 0 Å². The Labute approximate surface area is 145 Å². The lowest BCUT2D eigenvalue weighted by Gasteiger charge is -2.49. The molecule has 1 aromatic rings. The summed E-state index contributed by atoms with van der Waals surface area (Å²) in [7, 11) is 1.69. The van der Waals surface area contributed by atoms with Crippen LogP contribution in [-0.4, -0.2) is 50.3 Å². The minimum atomic E-state index is 0. The fourth-order valence-corrected chi connectivity index (χ4v) is 3.94. The quantitative estimate of drug-likeness (QED) is 0.893. The van der Waals surface area contributed by atoms with Crippen molar-refractivity contribution in [1.29, 1.82) is 0 Å². The molecule has 5 heteroatoms. The number of rotatable bonds is 5. The maximum Gasteiger partial charge on any atom is 0.161 e. The lowest BCUT2D eigenvalue weighted by Crippen LogP contribution is -2.62. The molecule has 1 aromatic carbocycles. The lowest BCUT2D eigenvalue weighted by molar-refractivity contribution is 0.0181. The fraction of sp³-hybridized carbons (Fsp3) is 0.667. The van der Waals surface area contributed by atoms with Crippen molar-refractivity contribution in [3.8, 4) is 11.5 Å². The van der Waals surface area contributed by atoms with E-state index in [-0.39, 0.29) is 12.4 Å². The minimum absolute atomic E-state index is 0. The van der Waals surface area contributed by atoms with Crippen LogP contribution in [0.25, 0.3) is 0 Å². The molecule has 3 rings (SSSR count). The minimum Gasteiger partial charge on any atom is -0.493 e. The van der Waals surface area contributed by atoms with E-state index < -0.39 is 0 Å². The van der Waals surface area contributed by atoms with Crippen molar-refractivity contribution in [1.82, 2.24) is 10.2 Å². The summed E-state index contributed by atoms with van der Waals surface area (Å²) < 4.78 is 11.3. The van der Waals surface area contributed by atoms with Gasteiger partial charge in [0, 0.05) is 31.7 Å². The first kappa shape index (κ1) is 18.4. The van der Waals surface area contributed by atoms with Crippen LogP contribution >= 0.6 is 12.4 Å². The molecule has 0 atom stereocenters. The highest BCUT2D eigenvalue weighted by Gasteiger charge is 2.39. The van der Waals surface area contributed by atoms with Crippen LogP contribution in [-0.2, 0) is 0 Å². The number of hydrogen-bond acceptors (Lipinski definition) is 4. The van der Waals surface area contributed by atoms with E-state index in [1.807, 2.05) is 24.3 Å². The Morgan fingerprint density at radius 1 is 1.13 bits per heavy atom. The van der Waals surface area contributed by atoms with Crippen LogP contribution in [0.1, 0.15) is 32.1 Å². The number of ether oxygens (including phenoxy) is 2. The number of methoxy groups -OCH3 is 1. The van der Waals surface area contributed by atoms with Crippen molar-refractivity contribution in [3.63, 3.8) is 0 Å². The van der Waals surface area contributed by atoms with Gasteiger partial charge in [0.2, 0.25) is 0 Å². The van der Waals surface area contributed by atoms with Crippen molar-refractivity contribution >= 4 is 12.4 Å². The molecule has 2 fully saturated rings. The number of para-hydroxylation sites is 2. The molecule has 1 saturated carbocycles. The predicted octanol–water partition coefficient (Wildman–Crippen LogP) is 3.10. The van der Waals surface area contributed by atoms with Crippen LogP contribution in [0.15, 0.2) is 24.3 Å². The molecule has 0 aromatic heterocycles. The fourth-order valence-electron chi connectivity index (χ4n) is 3.94. The number of hydrogen-bond donors (Lipinski definition) is 1. The number of nitrogens with zero attached hydrogens (tertiary/aromatic N) is 1. The van der Waals surface area contributed by atoms with E-state index in [9.17, 15) is 0 Å². The molecule has 0 radical (unpaired) electrons. The van der Waals surface area contributed by atoms with Crippen LogP contribution in [0.4, 0.5) is 0 Å². The summed E-state index contributed by atoms with van der Waals surface area (Å²) >= 11 is 0. The SMILES string of the molecule is COc1ccccc1OCCN1CCNCC12CCCCC2.Cl. The monoisotopic (exact) mass is 340 g/mol. The largest absolute Gasteiger partial charge is 0.493 e. The molecule has 0 amide bonds. The Morgan fingerprint density at radius 2 is 1.87 bits per heavy atom. The van der Waals surface area contributed by atoms with Gasteiger partial charge in [0.05, 0.1) is 7.11 Å². The number of halogens is 1. The first-order valence-electron chi connectivity index (χ1n) is 8.56. The van der Waals surface area contributed by atoms with Gasteiger partial charge in [0.1, 0.15) is 6.61 Å². The zero-order valence-electron chi connectivity index (χ0n) is 14.1. The lowest BCUT2D eigenvalue weighted by atomic mass is 9.79. The second kappa shape index (κ2) is 8.76. The van der Waals surface area contributed by atoms with E-state index in [0.29, 0.717) is 5.54 Å².